The number of aliphatic hydroxyl groups excluding tert-OH is 1. The van der Waals surface area contributed by atoms with Crippen LogP contribution < -0.4 is 5.32 Å². The molecule has 84 valence electrons. The molecule has 0 bridgehead atoms. The van der Waals surface area contributed by atoms with Gasteiger partial charge in [-0.1, -0.05) is 0 Å². The van der Waals surface area contributed by atoms with Gasteiger partial charge >= 0.3 is 0 Å². The van der Waals surface area contributed by atoms with E-state index >= 15 is 0 Å². The summed E-state index contributed by atoms with van der Waals surface area (Å²) >= 11 is 5.38. The highest BCUT2D eigenvalue weighted by molar-refractivity contribution is 6.18. The molecule has 1 aromatic rings. The lowest BCUT2D eigenvalue weighted by Crippen LogP contribution is -2.30. The van der Waals surface area contributed by atoms with Crippen LogP contribution in [0.15, 0.2) is 22.8 Å². The minimum Gasteiger partial charge on any atom is -0.467 e. The topological polar surface area (TPSA) is 62.5 Å². The Morgan fingerprint density at radius 1 is 1.73 bits per heavy atom. The minimum absolute atomic E-state index is 0.00848. The third-order valence-electron chi connectivity index (χ3n) is 1.95. The van der Waals surface area contributed by atoms with Crippen LogP contribution in [-0.4, -0.2) is 23.0 Å². The van der Waals surface area contributed by atoms with E-state index in [2.05, 4.69) is 5.32 Å². The summed E-state index contributed by atoms with van der Waals surface area (Å²) in [5, 5.41) is 11.9. The normalized spacial score (nSPS) is 14.6. The number of carbonyl (C=O) groups excluding carboxylic acids is 1. The predicted octanol–water partition coefficient (Wildman–Crippen LogP) is 1.45. The first kappa shape index (κ1) is 12.1. The highest BCUT2D eigenvalue weighted by atomic mass is 35.5. The molecule has 1 heterocycles. The standard InChI is InChI=1S/C10H14ClNO3/c1-7(9-3-2-4-15-9)12-10(14)5-8(13)6-11/h2-4,7-8,13H,5-6H2,1H3,(H,12,14)/t7-,8+/m1/s1. The SMILES string of the molecule is C[C@@H](NC(=O)C[C@H](O)CCl)c1ccco1. The quantitative estimate of drug-likeness (QED) is 0.754. The van der Waals surface area contributed by atoms with Crippen LogP contribution in [0.1, 0.15) is 25.1 Å². The monoisotopic (exact) mass is 231 g/mol. The van der Waals surface area contributed by atoms with E-state index < -0.39 is 6.10 Å². The van der Waals surface area contributed by atoms with Crippen LogP contribution >= 0.6 is 11.6 Å². The summed E-state index contributed by atoms with van der Waals surface area (Å²) in [4.78, 5) is 11.3. The summed E-state index contributed by atoms with van der Waals surface area (Å²) in [7, 11) is 0. The lowest BCUT2D eigenvalue weighted by molar-refractivity contribution is -0.123. The lowest BCUT2D eigenvalue weighted by atomic mass is 10.2. The first-order chi connectivity index (χ1) is 7.13. The van der Waals surface area contributed by atoms with E-state index in [0.717, 1.165) is 0 Å². The number of furan rings is 1. The molecule has 2 N–H and O–H groups in total. The molecule has 0 saturated carbocycles. The third-order valence-corrected chi connectivity index (χ3v) is 2.30. The molecule has 4 nitrogen and oxygen atoms in total. The van der Waals surface area contributed by atoms with Gasteiger partial charge in [-0.2, -0.15) is 0 Å². The summed E-state index contributed by atoms with van der Waals surface area (Å²) in [6.07, 6.45) is 0.760. The Bertz CT molecular complexity index is 300. The van der Waals surface area contributed by atoms with E-state index in [1.54, 1.807) is 18.4 Å². The van der Waals surface area contributed by atoms with Crippen molar-refractivity contribution in [2.75, 3.05) is 5.88 Å². The number of rotatable bonds is 5. The number of nitrogens with one attached hydrogen (secondary N) is 1. The van der Waals surface area contributed by atoms with E-state index in [1.165, 1.54) is 0 Å². The van der Waals surface area contributed by atoms with Gasteiger partial charge in [0, 0.05) is 5.88 Å². The molecule has 2 atom stereocenters. The maximum absolute atomic E-state index is 11.3. The highest BCUT2D eigenvalue weighted by Gasteiger charge is 2.14. The summed E-state index contributed by atoms with van der Waals surface area (Å²) in [5.41, 5.74) is 0. The number of halogens is 1. The smallest absolute Gasteiger partial charge is 0.223 e. The summed E-state index contributed by atoms with van der Waals surface area (Å²) < 4.78 is 5.12. The maximum Gasteiger partial charge on any atom is 0.223 e. The molecule has 0 radical (unpaired) electrons. The maximum atomic E-state index is 11.3. The number of aliphatic hydroxyl groups is 1. The zero-order valence-corrected chi connectivity index (χ0v) is 9.20. The Kier molecular flexibility index (Phi) is 4.65. The number of carbonyl (C=O) groups is 1. The van der Waals surface area contributed by atoms with Crippen molar-refractivity contribution in [3.05, 3.63) is 24.2 Å². The molecule has 0 unspecified atom stereocenters. The molecule has 0 fully saturated rings. The van der Waals surface area contributed by atoms with E-state index in [1.807, 2.05) is 6.92 Å². The van der Waals surface area contributed by atoms with Gasteiger partial charge in [-0.3, -0.25) is 4.79 Å². The number of hydrogen-bond acceptors (Lipinski definition) is 3. The summed E-state index contributed by atoms with van der Waals surface area (Å²) in [6, 6.07) is 3.34. The van der Waals surface area contributed by atoms with Gasteiger partial charge in [-0.25, -0.2) is 0 Å². The van der Waals surface area contributed by atoms with E-state index in [-0.39, 0.29) is 24.2 Å². The number of hydrogen-bond donors (Lipinski definition) is 2. The molecule has 0 spiro atoms. The van der Waals surface area contributed by atoms with Crippen molar-refractivity contribution < 1.29 is 14.3 Å². The van der Waals surface area contributed by atoms with E-state index in [0.29, 0.717) is 5.76 Å². The van der Waals surface area contributed by atoms with Crippen LogP contribution in [0.4, 0.5) is 0 Å². The van der Waals surface area contributed by atoms with Gasteiger partial charge in [0.2, 0.25) is 5.91 Å². The molecule has 1 aromatic heterocycles. The van der Waals surface area contributed by atoms with Gasteiger partial charge in [-0.15, -0.1) is 11.6 Å². The molecule has 1 amide bonds. The van der Waals surface area contributed by atoms with Crippen molar-refractivity contribution >= 4 is 17.5 Å². The van der Waals surface area contributed by atoms with Crippen LogP contribution in [0.2, 0.25) is 0 Å². The Morgan fingerprint density at radius 2 is 2.47 bits per heavy atom. The lowest BCUT2D eigenvalue weighted by Gasteiger charge is -2.12. The van der Waals surface area contributed by atoms with Gasteiger partial charge in [0.15, 0.2) is 0 Å². The molecule has 0 aliphatic carbocycles. The van der Waals surface area contributed by atoms with E-state index in [4.69, 9.17) is 21.1 Å². The van der Waals surface area contributed by atoms with Crippen LogP contribution in [0.5, 0.6) is 0 Å². The fourth-order valence-electron chi connectivity index (χ4n) is 1.18. The van der Waals surface area contributed by atoms with Crippen LogP contribution in [0.3, 0.4) is 0 Å². The molecule has 15 heavy (non-hydrogen) atoms. The molecule has 5 heteroatoms. The number of alkyl halides is 1. The number of amides is 1. The van der Waals surface area contributed by atoms with Crippen molar-refractivity contribution in [1.29, 1.82) is 0 Å². The zero-order chi connectivity index (χ0) is 11.3. The largest absolute Gasteiger partial charge is 0.467 e. The molecule has 0 aliphatic heterocycles. The predicted molar refractivity (Wildman–Crippen MR) is 56.6 cm³/mol. The van der Waals surface area contributed by atoms with Gasteiger partial charge < -0.3 is 14.8 Å². The zero-order valence-electron chi connectivity index (χ0n) is 8.44. The molecular weight excluding hydrogens is 218 g/mol. The fourth-order valence-corrected chi connectivity index (χ4v) is 1.29. The molecule has 0 aliphatic rings. The van der Waals surface area contributed by atoms with E-state index in [9.17, 15) is 4.79 Å². The molecule has 0 aromatic carbocycles. The van der Waals surface area contributed by atoms with Gasteiger partial charge in [0.05, 0.1) is 24.8 Å². The first-order valence-electron chi connectivity index (χ1n) is 4.70. The Labute approximate surface area is 93.2 Å². The van der Waals surface area contributed by atoms with Crippen LogP contribution in [0, 0.1) is 0 Å². The average molecular weight is 232 g/mol. The second-order valence-corrected chi connectivity index (χ2v) is 3.63. The third kappa shape index (κ3) is 3.93. The second-order valence-electron chi connectivity index (χ2n) is 3.32. The van der Waals surface area contributed by atoms with Crippen molar-refractivity contribution in [3.63, 3.8) is 0 Å². The summed E-state index contributed by atoms with van der Waals surface area (Å²) in [5.74, 6) is 0.499. The van der Waals surface area contributed by atoms with Crippen molar-refractivity contribution in [1.82, 2.24) is 5.32 Å². The average Bonchev–Trinajstić information content (AvgIpc) is 2.70. The first-order valence-corrected chi connectivity index (χ1v) is 5.23. The molecule has 0 saturated heterocycles. The van der Waals surface area contributed by atoms with Gasteiger partial charge in [0.1, 0.15) is 5.76 Å². The van der Waals surface area contributed by atoms with Crippen molar-refractivity contribution in [2.45, 2.75) is 25.5 Å². The Morgan fingerprint density at radius 3 is 3.00 bits per heavy atom. The summed E-state index contributed by atoms with van der Waals surface area (Å²) in [6.45, 7) is 1.81. The van der Waals surface area contributed by atoms with Gasteiger partial charge in [-0.05, 0) is 19.1 Å². The molecular formula is C10H14ClNO3. The van der Waals surface area contributed by atoms with Crippen LogP contribution in [-0.2, 0) is 4.79 Å². The second kappa shape index (κ2) is 5.78. The Hall–Kier alpha value is -1.00. The van der Waals surface area contributed by atoms with Crippen molar-refractivity contribution in [2.24, 2.45) is 0 Å². The van der Waals surface area contributed by atoms with Crippen LogP contribution in [0.25, 0.3) is 0 Å². The fraction of sp³-hybridized carbons (Fsp3) is 0.500. The molecule has 1 rings (SSSR count). The minimum atomic E-state index is -0.796. The Balaban J connectivity index is 2.38. The van der Waals surface area contributed by atoms with Crippen molar-refractivity contribution in [3.8, 4) is 0 Å². The highest BCUT2D eigenvalue weighted by Crippen LogP contribution is 2.12. The van der Waals surface area contributed by atoms with Gasteiger partial charge in [0.25, 0.3) is 0 Å².